The molecule has 0 fully saturated rings. The van der Waals surface area contributed by atoms with Gasteiger partial charge in [0.25, 0.3) is 0 Å². The van der Waals surface area contributed by atoms with Crippen LogP contribution < -0.4 is 4.72 Å². The van der Waals surface area contributed by atoms with Gasteiger partial charge in [0.05, 0.1) is 12.5 Å². The molecule has 1 heterocycles. The minimum absolute atomic E-state index is 0.217. The average molecular weight is 299 g/mol. The molecule has 8 nitrogen and oxygen atoms in total. The molecule has 0 radical (unpaired) electrons. The highest BCUT2D eigenvalue weighted by Crippen LogP contribution is 2.11. The van der Waals surface area contributed by atoms with E-state index in [-0.39, 0.29) is 23.6 Å². The first-order chi connectivity index (χ1) is 9.40. The molecule has 1 atom stereocenters. The van der Waals surface area contributed by atoms with E-state index in [0.29, 0.717) is 0 Å². The second-order valence-electron chi connectivity index (χ2n) is 3.77. The lowest BCUT2D eigenvalue weighted by Crippen LogP contribution is -2.34. The van der Waals surface area contributed by atoms with Crippen LogP contribution in [0.3, 0.4) is 0 Å². The molecule has 0 bridgehead atoms. The predicted octanol–water partition coefficient (Wildman–Crippen LogP) is -0.279. The zero-order valence-corrected chi connectivity index (χ0v) is 11.4. The monoisotopic (exact) mass is 299 g/mol. The molecular formula is C11H13N3O5S. The number of sulfonamides is 1. The summed E-state index contributed by atoms with van der Waals surface area (Å²) >= 11 is 0. The third-order valence-corrected chi connectivity index (χ3v) is 3.86. The Balaban J connectivity index is 2.85. The van der Waals surface area contributed by atoms with Crippen LogP contribution in [0, 0.1) is 11.3 Å². The Hall–Kier alpha value is -2.02. The van der Waals surface area contributed by atoms with E-state index in [0.717, 1.165) is 0 Å². The summed E-state index contributed by atoms with van der Waals surface area (Å²) in [5, 5.41) is 17.5. The molecule has 20 heavy (non-hydrogen) atoms. The SMILES string of the molecule is COC(CNS(=O)(=O)c1cccnc1C#N)CC(=O)O. The number of hydrogen-bond acceptors (Lipinski definition) is 6. The molecule has 0 saturated heterocycles. The molecule has 0 spiro atoms. The lowest BCUT2D eigenvalue weighted by molar-refractivity contribution is -0.139. The standard InChI is InChI=1S/C11H13N3O5S/c1-19-8(5-11(15)16)7-14-20(17,18)10-3-2-4-13-9(10)6-12/h2-4,8,14H,5,7H2,1H3,(H,15,16). The summed E-state index contributed by atoms with van der Waals surface area (Å²) in [5.74, 6) is -1.10. The number of carboxylic acids is 1. The van der Waals surface area contributed by atoms with Gasteiger partial charge in [-0.15, -0.1) is 0 Å². The summed E-state index contributed by atoms with van der Waals surface area (Å²) in [4.78, 5) is 13.9. The van der Waals surface area contributed by atoms with Crippen LogP contribution in [0.15, 0.2) is 23.2 Å². The van der Waals surface area contributed by atoms with Gasteiger partial charge < -0.3 is 9.84 Å². The van der Waals surface area contributed by atoms with Gasteiger partial charge in [-0.1, -0.05) is 0 Å². The summed E-state index contributed by atoms with van der Waals surface area (Å²) in [6.07, 6.45) is 0.168. The van der Waals surface area contributed by atoms with Crippen molar-refractivity contribution in [1.29, 1.82) is 5.26 Å². The number of methoxy groups -OCH3 is 1. The molecule has 0 aliphatic carbocycles. The fraction of sp³-hybridized carbons (Fsp3) is 0.364. The van der Waals surface area contributed by atoms with E-state index in [9.17, 15) is 13.2 Å². The van der Waals surface area contributed by atoms with Gasteiger partial charge in [-0.25, -0.2) is 18.1 Å². The summed E-state index contributed by atoms with van der Waals surface area (Å²) in [7, 11) is -2.67. The fourth-order valence-electron chi connectivity index (χ4n) is 1.41. The smallest absolute Gasteiger partial charge is 0.306 e. The summed E-state index contributed by atoms with van der Waals surface area (Å²) < 4.78 is 31.1. The predicted molar refractivity (Wildman–Crippen MR) is 67.2 cm³/mol. The van der Waals surface area contributed by atoms with Gasteiger partial charge in [0.15, 0.2) is 5.69 Å². The molecule has 0 aliphatic heterocycles. The number of carboxylic acid groups (broad SMARTS) is 1. The Bertz CT molecular complexity index is 623. The molecule has 2 N–H and O–H groups in total. The minimum atomic E-state index is -3.95. The number of aliphatic carboxylic acids is 1. The van der Waals surface area contributed by atoms with E-state index >= 15 is 0 Å². The molecule has 9 heteroatoms. The molecule has 108 valence electrons. The zero-order chi connectivity index (χ0) is 15.2. The number of ether oxygens (including phenoxy) is 1. The quantitative estimate of drug-likeness (QED) is 0.708. The topological polar surface area (TPSA) is 129 Å². The zero-order valence-electron chi connectivity index (χ0n) is 10.6. The van der Waals surface area contributed by atoms with Crippen molar-refractivity contribution in [2.75, 3.05) is 13.7 Å². The van der Waals surface area contributed by atoms with Crippen LogP contribution in [-0.2, 0) is 19.6 Å². The lowest BCUT2D eigenvalue weighted by atomic mass is 10.2. The molecule has 1 rings (SSSR count). The highest BCUT2D eigenvalue weighted by molar-refractivity contribution is 7.89. The Morgan fingerprint density at radius 1 is 1.65 bits per heavy atom. The van der Waals surface area contributed by atoms with E-state index in [4.69, 9.17) is 15.1 Å². The highest BCUT2D eigenvalue weighted by Gasteiger charge is 2.21. The third kappa shape index (κ3) is 4.27. The van der Waals surface area contributed by atoms with Gasteiger partial charge in [-0.3, -0.25) is 4.79 Å². The first kappa shape index (κ1) is 16.0. The molecule has 0 amide bonds. The number of rotatable bonds is 7. The third-order valence-electron chi connectivity index (χ3n) is 2.40. The van der Waals surface area contributed by atoms with E-state index in [1.165, 1.54) is 25.4 Å². The molecule has 1 aromatic heterocycles. The number of aromatic nitrogens is 1. The van der Waals surface area contributed by atoms with Crippen molar-refractivity contribution in [1.82, 2.24) is 9.71 Å². The number of pyridine rings is 1. The van der Waals surface area contributed by atoms with Gasteiger partial charge >= 0.3 is 5.97 Å². The molecule has 0 aromatic carbocycles. The van der Waals surface area contributed by atoms with Crippen LogP contribution in [0.2, 0.25) is 0 Å². The molecule has 0 saturated carbocycles. The van der Waals surface area contributed by atoms with Gasteiger partial charge in [0, 0.05) is 19.9 Å². The van der Waals surface area contributed by atoms with Gasteiger partial charge in [0.1, 0.15) is 11.0 Å². The van der Waals surface area contributed by atoms with Crippen molar-refractivity contribution in [3.8, 4) is 6.07 Å². The van der Waals surface area contributed by atoms with Crippen LogP contribution in [0.4, 0.5) is 0 Å². The Morgan fingerprint density at radius 3 is 2.90 bits per heavy atom. The van der Waals surface area contributed by atoms with Gasteiger partial charge in [-0.05, 0) is 12.1 Å². The number of hydrogen-bond donors (Lipinski definition) is 2. The first-order valence-corrected chi connectivity index (χ1v) is 6.98. The molecular weight excluding hydrogens is 286 g/mol. The number of carbonyl (C=O) groups is 1. The van der Waals surface area contributed by atoms with Crippen molar-refractivity contribution in [2.24, 2.45) is 0 Å². The van der Waals surface area contributed by atoms with Crippen molar-refractivity contribution in [3.63, 3.8) is 0 Å². The minimum Gasteiger partial charge on any atom is -0.481 e. The molecule has 1 unspecified atom stereocenters. The second-order valence-corrected chi connectivity index (χ2v) is 5.50. The van der Waals surface area contributed by atoms with E-state index in [1.807, 2.05) is 0 Å². The van der Waals surface area contributed by atoms with Crippen molar-refractivity contribution in [3.05, 3.63) is 24.0 Å². The van der Waals surface area contributed by atoms with E-state index in [2.05, 4.69) is 9.71 Å². The van der Waals surface area contributed by atoms with Crippen LogP contribution in [0.1, 0.15) is 12.1 Å². The fourth-order valence-corrected chi connectivity index (χ4v) is 2.58. The van der Waals surface area contributed by atoms with Gasteiger partial charge in [0.2, 0.25) is 10.0 Å². The van der Waals surface area contributed by atoms with Crippen LogP contribution in [0.5, 0.6) is 0 Å². The molecule has 0 aliphatic rings. The van der Waals surface area contributed by atoms with Crippen LogP contribution >= 0.6 is 0 Å². The highest BCUT2D eigenvalue weighted by atomic mass is 32.2. The largest absolute Gasteiger partial charge is 0.481 e. The normalized spacial score (nSPS) is 12.6. The average Bonchev–Trinajstić information content (AvgIpc) is 2.43. The summed E-state index contributed by atoms with van der Waals surface area (Å²) in [6.45, 7) is -0.217. The Labute approximate surface area is 116 Å². The van der Waals surface area contributed by atoms with Crippen molar-refractivity contribution < 1.29 is 23.1 Å². The first-order valence-electron chi connectivity index (χ1n) is 5.50. The maximum Gasteiger partial charge on any atom is 0.306 e. The summed E-state index contributed by atoms with van der Waals surface area (Å²) in [6, 6.07) is 4.31. The second kappa shape index (κ2) is 6.95. The number of nitriles is 1. The maximum absolute atomic E-state index is 12.0. The lowest BCUT2D eigenvalue weighted by Gasteiger charge is -2.14. The number of nitrogens with one attached hydrogen (secondary N) is 1. The van der Waals surface area contributed by atoms with E-state index in [1.54, 1.807) is 6.07 Å². The maximum atomic E-state index is 12.0. The van der Waals surface area contributed by atoms with Crippen LogP contribution in [0.25, 0.3) is 0 Å². The van der Waals surface area contributed by atoms with Crippen molar-refractivity contribution >= 4 is 16.0 Å². The van der Waals surface area contributed by atoms with Gasteiger partial charge in [-0.2, -0.15) is 5.26 Å². The molecule has 1 aromatic rings. The Morgan fingerprint density at radius 2 is 2.35 bits per heavy atom. The summed E-state index contributed by atoms with van der Waals surface area (Å²) in [5.41, 5.74) is -0.229. The van der Waals surface area contributed by atoms with Crippen molar-refractivity contribution in [2.45, 2.75) is 17.4 Å². The Kier molecular flexibility index (Phi) is 5.57. The van der Waals surface area contributed by atoms with Crippen LogP contribution in [-0.4, -0.2) is 44.2 Å². The van der Waals surface area contributed by atoms with E-state index < -0.39 is 22.1 Å². The number of nitrogens with zero attached hydrogens (tertiary/aromatic N) is 2.